The first-order valence-corrected chi connectivity index (χ1v) is 7.71. The fourth-order valence-electron chi connectivity index (χ4n) is 2.52. The lowest BCUT2D eigenvalue weighted by atomic mass is 10.1. The standard InChI is InChI=1S/C19H20N2O.BrH/c1-2-3-11-20-19-13-18(14-7-5-4-6-8-14)21-17-10-9-15(22)12-16(17)19;/h4-10,12-13,22H,2-3,11H2,1H3,(H,20,21);1H. The molecule has 0 radical (unpaired) electrons. The summed E-state index contributed by atoms with van der Waals surface area (Å²) in [4.78, 5) is 4.72. The van der Waals surface area contributed by atoms with Crippen molar-refractivity contribution in [3.63, 3.8) is 0 Å². The van der Waals surface area contributed by atoms with Crippen LogP contribution in [0.15, 0.2) is 54.6 Å². The predicted molar refractivity (Wildman–Crippen MR) is 103 cm³/mol. The smallest absolute Gasteiger partial charge is 0.116 e. The van der Waals surface area contributed by atoms with Gasteiger partial charge in [0.2, 0.25) is 0 Å². The molecule has 0 amide bonds. The lowest BCUT2D eigenvalue weighted by molar-refractivity contribution is 0.476. The topological polar surface area (TPSA) is 45.2 Å². The second-order valence-electron chi connectivity index (χ2n) is 5.40. The molecule has 0 saturated heterocycles. The molecule has 1 heterocycles. The van der Waals surface area contributed by atoms with Gasteiger partial charge in [0.1, 0.15) is 5.75 Å². The van der Waals surface area contributed by atoms with Crippen molar-refractivity contribution in [1.82, 2.24) is 4.98 Å². The Morgan fingerprint density at radius 1 is 1.04 bits per heavy atom. The lowest BCUT2D eigenvalue weighted by Crippen LogP contribution is -2.02. The van der Waals surface area contributed by atoms with Gasteiger partial charge in [0.15, 0.2) is 0 Å². The van der Waals surface area contributed by atoms with E-state index in [1.54, 1.807) is 12.1 Å². The molecule has 0 spiro atoms. The maximum absolute atomic E-state index is 9.76. The molecule has 2 aromatic carbocycles. The fraction of sp³-hybridized carbons (Fsp3) is 0.211. The van der Waals surface area contributed by atoms with Crippen LogP contribution in [0.5, 0.6) is 5.75 Å². The van der Waals surface area contributed by atoms with Crippen molar-refractivity contribution in [1.29, 1.82) is 0 Å². The summed E-state index contributed by atoms with van der Waals surface area (Å²) in [5.41, 5.74) is 3.94. The molecule has 0 unspecified atom stereocenters. The SMILES string of the molecule is Br.CCCCNc1cc(-c2ccccc2)nc2ccc(O)cc12. The van der Waals surface area contributed by atoms with Gasteiger partial charge in [-0.2, -0.15) is 0 Å². The first kappa shape index (κ1) is 17.3. The van der Waals surface area contributed by atoms with Gasteiger partial charge >= 0.3 is 0 Å². The van der Waals surface area contributed by atoms with Gasteiger partial charge in [-0.1, -0.05) is 43.7 Å². The largest absolute Gasteiger partial charge is 0.508 e. The quantitative estimate of drug-likeness (QED) is 0.589. The summed E-state index contributed by atoms with van der Waals surface area (Å²) in [5, 5.41) is 14.2. The van der Waals surface area contributed by atoms with Gasteiger partial charge in [-0.25, -0.2) is 4.98 Å². The minimum atomic E-state index is 0. The molecule has 0 saturated carbocycles. The van der Waals surface area contributed by atoms with E-state index in [0.717, 1.165) is 47.2 Å². The van der Waals surface area contributed by atoms with Gasteiger partial charge in [0.25, 0.3) is 0 Å². The molecule has 4 heteroatoms. The van der Waals surface area contributed by atoms with E-state index < -0.39 is 0 Å². The van der Waals surface area contributed by atoms with Crippen molar-refractivity contribution in [2.75, 3.05) is 11.9 Å². The molecule has 120 valence electrons. The molecule has 0 bridgehead atoms. The van der Waals surface area contributed by atoms with Crippen molar-refractivity contribution < 1.29 is 5.11 Å². The molecule has 0 fully saturated rings. The third-order valence-electron chi connectivity index (χ3n) is 3.71. The van der Waals surface area contributed by atoms with E-state index in [4.69, 9.17) is 4.98 Å². The number of rotatable bonds is 5. The van der Waals surface area contributed by atoms with Crippen LogP contribution in [0.2, 0.25) is 0 Å². The van der Waals surface area contributed by atoms with Crippen molar-refractivity contribution >= 4 is 33.6 Å². The highest BCUT2D eigenvalue weighted by molar-refractivity contribution is 8.93. The average molecular weight is 373 g/mol. The van der Waals surface area contributed by atoms with Crippen molar-refractivity contribution in [2.24, 2.45) is 0 Å². The molecule has 2 N–H and O–H groups in total. The van der Waals surface area contributed by atoms with Crippen LogP contribution in [0, 0.1) is 0 Å². The second kappa shape index (κ2) is 7.97. The Kier molecular flexibility index (Phi) is 5.99. The highest BCUT2D eigenvalue weighted by Gasteiger charge is 2.08. The molecule has 0 atom stereocenters. The van der Waals surface area contributed by atoms with Crippen LogP contribution in [0.1, 0.15) is 19.8 Å². The number of nitrogens with zero attached hydrogens (tertiary/aromatic N) is 1. The Labute approximate surface area is 147 Å². The van der Waals surface area contributed by atoms with Gasteiger partial charge in [-0.15, -0.1) is 17.0 Å². The summed E-state index contributed by atoms with van der Waals surface area (Å²) < 4.78 is 0. The summed E-state index contributed by atoms with van der Waals surface area (Å²) in [7, 11) is 0. The molecular weight excluding hydrogens is 352 g/mol. The van der Waals surface area contributed by atoms with Gasteiger partial charge in [-0.3, -0.25) is 0 Å². The van der Waals surface area contributed by atoms with Crippen molar-refractivity contribution in [2.45, 2.75) is 19.8 Å². The Balaban J connectivity index is 0.00000192. The minimum absolute atomic E-state index is 0. The zero-order chi connectivity index (χ0) is 15.4. The number of anilines is 1. The number of nitrogens with one attached hydrogen (secondary N) is 1. The van der Waals surface area contributed by atoms with Crippen molar-refractivity contribution in [3.05, 3.63) is 54.6 Å². The molecule has 3 nitrogen and oxygen atoms in total. The van der Waals surface area contributed by atoms with Gasteiger partial charge in [-0.05, 0) is 30.7 Å². The summed E-state index contributed by atoms with van der Waals surface area (Å²) in [6, 6.07) is 17.5. The van der Waals surface area contributed by atoms with E-state index in [-0.39, 0.29) is 22.7 Å². The Morgan fingerprint density at radius 2 is 1.83 bits per heavy atom. The predicted octanol–water partition coefficient (Wildman–Crippen LogP) is 5.40. The van der Waals surface area contributed by atoms with E-state index in [1.165, 1.54) is 0 Å². The first-order chi connectivity index (χ1) is 10.8. The fourth-order valence-corrected chi connectivity index (χ4v) is 2.52. The molecule has 1 aromatic heterocycles. The minimum Gasteiger partial charge on any atom is -0.508 e. The van der Waals surface area contributed by atoms with E-state index in [0.29, 0.717) is 0 Å². The summed E-state index contributed by atoms with van der Waals surface area (Å²) in [5.74, 6) is 0.264. The zero-order valence-corrected chi connectivity index (χ0v) is 14.8. The number of benzene rings is 2. The normalized spacial score (nSPS) is 10.3. The highest BCUT2D eigenvalue weighted by Crippen LogP contribution is 2.30. The number of halogens is 1. The van der Waals surface area contributed by atoms with Gasteiger partial charge in [0, 0.05) is 23.2 Å². The number of phenolic OH excluding ortho intramolecular Hbond substituents is 1. The number of unbranched alkanes of at least 4 members (excludes halogenated alkanes) is 1. The number of aromatic nitrogens is 1. The maximum Gasteiger partial charge on any atom is 0.116 e. The molecule has 3 aromatic rings. The summed E-state index contributed by atoms with van der Waals surface area (Å²) >= 11 is 0. The monoisotopic (exact) mass is 372 g/mol. The first-order valence-electron chi connectivity index (χ1n) is 7.71. The average Bonchev–Trinajstić information content (AvgIpc) is 2.56. The molecule has 0 aliphatic heterocycles. The molecule has 23 heavy (non-hydrogen) atoms. The van der Waals surface area contributed by atoms with Gasteiger partial charge in [0.05, 0.1) is 11.2 Å². The summed E-state index contributed by atoms with van der Waals surface area (Å²) in [6.45, 7) is 3.09. The zero-order valence-electron chi connectivity index (χ0n) is 13.1. The van der Waals surface area contributed by atoms with E-state index >= 15 is 0 Å². The second-order valence-corrected chi connectivity index (χ2v) is 5.40. The highest BCUT2D eigenvalue weighted by atomic mass is 79.9. The number of hydrogen-bond acceptors (Lipinski definition) is 3. The van der Waals surface area contributed by atoms with E-state index in [9.17, 15) is 5.11 Å². The number of pyridine rings is 1. The third kappa shape index (κ3) is 4.02. The van der Waals surface area contributed by atoms with Gasteiger partial charge < -0.3 is 10.4 Å². The van der Waals surface area contributed by atoms with E-state index in [1.807, 2.05) is 24.3 Å². The molecule has 0 aliphatic rings. The maximum atomic E-state index is 9.76. The Hall–Kier alpha value is -2.07. The third-order valence-corrected chi connectivity index (χ3v) is 3.71. The number of aromatic hydroxyl groups is 1. The molecular formula is C19H21BrN2O. The molecule has 0 aliphatic carbocycles. The van der Waals surface area contributed by atoms with Crippen molar-refractivity contribution in [3.8, 4) is 17.0 Å². The van der Waals surface area contributed by atoms with E-state index in [2.05, 4.69) is 30.4 Å². The Morgan fingerprint density at radius 3 is 2.57 bits per heavy atom. The van der Waals surface area contributed by atoms with Crippen LogP contribution in [0.3, 0.4) is 0 Å². The van der Waals surface area contributed by atoms with Crippen LogP contribution in [-0.4, -0.2) is 16.6 Å². The van der Waals surface area contributed by atoms with Crippen LogP contribution >= 0.6 is 17.0 Å². The van der Waals surface area contributed by atoms with Crippen LogP contribution in [0.4, 0.5) is 5.69 Å². The van der Waals surface area contributed by atoms with Crippen LogP contribution in [-0.2, 0) is 0 Å². The Bertz CT molecular complexity index is 775. The number of hydrogen-bond donors (Lipinski definition) is 2. The number of fused-ring (bicyclic) bond motifs is 1. The molecule has 3 rings (SSSR count). The van der Waals surface area contributed by atoms with Crippen LogP contribution < -0.4 is 5.32 Å². The number of phenols is 1. The van der Waals surface area contributed by atoms with Crippen LogP contribution in [0.25, 0.3) is 22.2 Å². The summed E-state index contributed by atoms with van der Waals surface area (Å²) in [6.07, 6.45) is 2.26. The lowest BCUT2D eigenvalue weighted by Gasteiger charge is -2.12.